The van der Waals surface area contributed by atoms with Crippen LogP contribution in [0.5, 0.6) is 11.5 Å². The third kappa shape index (κ3) is 10.9. The van der Waals surface area contributed by atoms with Gasteiger partial charge < -0.3 is 14.6 Å². The third-order valence-corrected chi connectivity index (χ3v) is 5.21. The Morgan fingerprint density at radius 2 is 1.63 bits per heavy atom. The maximum Gasteiger partial charge on any atom is 0.341 e. The quantitative estimate of drug-likeness (QED) is 0.126. The van der Waals surface area contributed by atoms with Crippen LogP contribution < -0.4 is 9.47 Å². The van der Waals surface area contributed by atoms with Gasteiger partial charge in [0.1, 0.15) is 18.1 Å². The fraction of sp³-hybridized carbons (Fsp3) is 0.333. The van der Waals surface area contributed by atoms with Crippen LogP contribution in [0.4, 0.5) is 0 Å². The van der Waals surface area contributed by atoms with Crippen molar-refractivity contribution in [3.8, 4) is 11.5 Å². The molecule has 0 aromatic heterocycles. The van der Waals surface area contributed by atoms with Gasteiger partial charge in [0.2, 0.25) is 0 Å². The van der Waals surface area contributed by atoms with Crippen molar-refractivity contribution in [1.29, 1.82) is 0 Å². The molecule has 0 heterocycles. The van der Waals surface area contributed by atoms with Gasteiger partial charge in [0.05, 0.1) is 5.56 Å². The SMILES string of the molecule is CCCCCCC=Cc1ccc(C=CC(=O)c2ccc(OCC=C(C)C)cc2OCC(=O)O)cc1. The minimum Gasteiger partial charge on any atom is -0.489 e. The van der Waals surface area contributed by atoms with E-state index in [4.69, 9.17) is 14.6 Å². The second kappa shape index (κ2) is 15.3. The Balaban J connectivity index is 2.05. The van der Waals surface area contributed by atoms with E-state index in [0.29, 0.717) is 12.4 Å². The predicted octanol–water partition coefficient (Wildman–Crippen LogP) is 7.37. The molecule has 0 saturated heterocycles. The molecule has 5 heteroatoms. The lowest BCUT2D eigenvalue weighted by Gasteiger charge is -2.11. The number of ether oxygens (including phenoxy) is 2. The standard InChI is InChI=1S/C30H36O5/c1-4-5-6-7-8-9-10-24-11-13-25(14-12-24)15-18-28(31)27-17-16-26(34-20-19-23(2)3)21-29(27)35-22-30(32)33/h9-19,21H,4-8,20,22H2,1-3H3,(H,32,33). The van der Waals surface area contributed by atoms with Crippen LogP contribution in [0.1, 0.15) is 74.4 Å². The molecule has 0 atom stereocenters. The first kappa shape index (κ1) is 27.6. The molecular weight excluding hydrogens is 440 g/mol. The molecule has 2 aromatic carbocycles. The third-order valence-electron chi connectivity index (χ3n) is 5.21. The molecule has 0 fully saturated rings. The number of allylic oxidation sites excluding steroid dienone is 3. The Bertz CT molecular complexity index is 1040. The van der Waals surface area contributed by atoms with Crippen LogP contribution in [0.2, 0.25) is 0 Å². The van der Waals surface area contributed by atoms with E-state index < -0.39 is 12.6 Å². The van der Waals surface area contributed by atoms with Crippen molar-refractivity contribution < 1.29 is 24.2 Å². The highest BCUT2D eigenvalue weighted by Gasteiger charge is 2.13. The van der Waals surface area contributed by atoms with Gasteiger partial charge in [-0.15, -0.1) is 0 Å². The van der Waals surface area contributed by atoms with Gasteiger partial charge in [0, 0.05) is 6.07 Å². The summed E-state index contributed by atoms with van der Waals surface area (Å²) in [7, 11) is 0. The predicted molar refractivity (Wildman–Crippen MR) is 142 cm³/mol. The highest BCUT2D eigenvalue weighted by molar-refractivity contribution is 6.08. The van der Waals surface area contributed by atoms with Gasteiger partial charge in [-0.3, -0.25) is 4.79 Å². The van der Waals surface area contributed by atoms with Crippen LogP contribution in [0.3, 0.4) is 0 Å². The number of carbonyl (C=O) groups excluding carboxylic acids is 1. The van der Waals surface area contributed by atoms with Gasteiger partial charge in [-0.1, -0.05) is 74.3 Å². The summed E-state index contributed by atoms with van der Waals surface area (Å²) in [4.78, 5) is 23.8. The van der Waals surface area contributed by atoms with Crippen LogP contribution in [0, 0.1) is 0 Å². The van der Waals surface area contributed by atoms with Crippen molar-refractivity contribution in [2.75, 3.05) is 13.2 Å². The summed E-state index contributed by atoms with van der Waals surface area (Å²) < 4.78 is 11.0. The zero-order valence-electron chi connectivity index (χ0n) is 21.0. The van der Waals surface area contributed by atoms with Crippen LogP contribution in [0.25, 0.3) is 12.2 Å². The van der Waals surface area contributed by atoms with Gasteiger partial charge in [-0.05, 0) is 62.1 Å². The molecule has 0 bridgehead atoms. The molecule has 2 aromatic rings. The number of ketones is 1. The van der Waals surface area contributed by atoms with Gasteiger partial charge in [0.25, 0.3) is 0 Å². The highest BCUT2D eigenvalue weighted by atomic mass is 16.5. The molecule has 0 spiro atoms. The van der Waals surface area contributed by atoms with Gasteiger partial charge in [-0.2, -0.15) is 0 Å². The molecular formula is C30H36O5. The van der Waals surface area contributed by atoms with E-state index in [0.717, 1.165) is 23.1 Å². The molecule has 0 amide bonds. The van der Waals surface area contributed by atoms with E-state index in [9.17, 15) is 9.59 Å². The summed E-state index contributed by atoms with van der Waals surface area (Å²) >= 11 is 0. The molecule has 5 nitrogen and oxygen atoms in total. The van der Waals surface area contributed by atoms with E-state index in [2.05, 4.69) is 19.1 Å². The van der Waals surface area contributed by atoms with Crippen LogP contribution >= 0.6 is 0 Å². The molecule has 1 N–H and O–H groups in total. The monoisotopic (exact) mass is 476 g/mol. The lowest BCUT2D eigenvalue weighted by Crippen LogP contribution is -2.12. The molecule has 186 valence electrons. The second-order valence-electron chi connectivity index (χ2n) is 8.55. The first-order valence-electron chi connectivity index (χ1n) is 12.1. The average Bonchev–Trinajstić information content (AvgIpc) is 2.84. The van der Waals surface area contributed by atoms with Crippen molar-refractivity contribution in [2.45, 2.75) is 52.9 Å². The maximum absolute atomic E-state index is 12.8. The number of carboxylic acid groups (broad SMARTS) is 1. The van der Waals surface area contributed by atoms with Gasteiger partial charge >= 0.3 is 5.97 Å². The Morgan fingerprint density at radius 1 is 0.914 bits per heavy atom. The van der Waals surface area contributed by atoms with E-state index in [1.54, 1.807) is 24.3 Å². The smallest absolute Gasteiger partial charge is 0.341 e. The van der Waals surface area contributed by atoms with E-state index in [1.165, 1.54) is 31.8 Å². The van der Waals surface area contributed by atoms with Crippen molar-refractivity contribution in [2.24, 2.45) is 0 Å². The fourth-order valence-electron chi connectivity index (χ4n) is 3.25. The van der Waals surface area contributed by atoms with Gasteiger partial charge in [0.15, 0.2) is 12.4 Å². The van der Waals surface area contributed by atoms with Crippen LogP contribution in [-0.2, 0) is 4.79 Å². The van der Waals surface area contributed by atoms with Crippen LogP contribution in [0.15, 0.2) is 66.3 Å². The summed E-state index contributed by atoms with van der Waals surface area (Å²) in [6.45, 7) is 5.98. The largest absolute Gasteiger partial charge is 0.489 e. The Labute approximate surface area is 208 Å². The molecule has 0 aliphatic carbocycles. The molecule has 2 rings (SSSR count). The molecule has 35 heavy (non-hydrogen) atoms. The summed E-state index contributed by atoms with van der Waals surface area (Å²) in [6.07, 6.45) is 15.6. The van der Waals surface area contributed by atoms with E-state index in [1.807, 2.05) is 44.2 Å². The van der Waals surface area contributed by atoms with Crippen molar-refractivity contribution >= 4 is 23.9 Å². The summed E-state index contributed by atoms with van der Waals surface area (Å²) in [5, 5.41) is 8.99. The number of carboxylic acids is 1. The number of aliphatic carboxylic acids is 1. The minimum absolute atomic E-state index is 0.177. The zero-order chi connectivity index (χ0) is 25.5. The first-order valence-corrected chi connectivity index (χ1v) is 12.1. The number of hydrogen-bond donors (Lipinski definition) is 1. The van der Waals surface area contributed by atoms with E-state index >= 15 is 0 Å². The highest BCUT2D eigenvalue weighted by Crippen LogP contribution is 2.26. The Morgan fingerprint density at radius 3 is 2.29 bits per heavy atom. The number of benzene rings is 2. The molecule has 0 unspecified atom stereocenters. The van der Waals surface area contributed by atoms with Gasteiger partial charge in [-0.25, -0.2) is 4.79 Å². The maximum atomic E-state index is 12.8. The number of carbonyl (C=O) groups is 2. The number of rotatable bonds is 15. The number of unbranched alkanes of at least 4 members (excludes halogenated alkanes) is 4. The van der Waals surface area contributed by atoms with Crippen molar-refractivity contribution in [3.63, 3.8) is 0 Å². The van der Waals surface area contributed by atoms with E-state index in [-0.39, 0.29) is 17.1 Å². The lowest BCUT2D eigenvalue weighted by molar-refractivity contribution is -0.139. The lowest BCUT2D eigenvalue weighted by atomic mass is 10.1. The van der Waals surface area contributed by atoms with Crippen LogP contribution in [-0.4, -0.2) is 30.1 Å². The molecule has 0 radical (unpaired) electrons. The Kier molecular flexibility index (Phi) is 12.1. The average molecular weight is 477 g/mol. The fourth-order valence-corrected chi connectivity index (χ4v) is 3.25. The second-order valence-corrected chi connectivity index (χ2v) is 8.55. The molecule has 0 aliphatic rings. The number of hydrogen-bond acceptors (Lipinski definition) is 4. The normalized spacial score (nSPS) is 11.1. The summed E-state index contributed by atoms with van der Waals surface area (Å²) in [5.74, 6) is -0.726. The molecule has 0 saturated carbocycles. The Hall–Kier alpha value is -3.60. The summed E-state index contributed by atoms with van der Waals surface area (Å²) in [5.41, 5.74) is 3.42. The zero-order valence-corrected chi connectivity index (χ0v) is 21.0. The summed E-state index contributed by atoms with van der Waals surface area (Å²) in [6, 6.07) is 12.8. The minimum atomic E-state index is -1.12. The van der Waals surface area contributed by atoms with Crippen molar-refractivity contribution in [3.05, 3.63) is 83.0 Å². The first-order chi connectivity index (χ1) is 16.9. The topological polar surface area (TPSA) is 72.8 Å². The molecule has 0 aliphatic heterocycles. The van der Waals surface area contributed by atoms with Crippen molar-refractivity contribution in [1.82, 2.24) is 0 Å².